The van der Waals surface area contributed by atoms with Crippen molar-refractivity contribution in [2.75, 3.05) is 0 Å². The topological polar surface area (TPSA) is 9.23 Å². The van der Waals surface area contributed by atoms with Crippen molar-refractivity contribution in [3.8, 4) is 11.5 Å². The normalized spacial score (nSPS) is 11.4. The highest BCUT2D eigenvalue weighted by Gasteiger charge is 2.32. The first-order chi connectivity index (χ1) is 8.88. The number of para-hydroxylation sites is 1. The van der Waals surface area contributed by atoms with Crippen LogP contribution in [0.15, 0.2) is 46.9 Å². The summed E-state index contributed by atoms with van der Waals surface area (Å²) in [5.74, 6) is 0.449. The quantitative estimate of drug-likeness (QED) is 0.653. The van der Waals surface area contributed by atoms with Crippen molar-refractivity contribution in [1.82, 2.24) is 0 Å². The van der Waals surface area contributed by atoms with Crippen LogP contribution in [0.2, 0.25) is 5.02 Å². The van der Waals surface area contributed by atoms with Gasteiger partial charge in [0, 0.05) is 0 Å². The largest absolute Gasteiger partial charge is 0.456 e. The summed E-state index contributed by atoms with van der Waals surface area (Å²) in [6, 6.07) is 10.3. The number of halogens is 5. The summed E-state index contributed by atoms with van der Waals surface area (Å²) in [4.78, 5) is 0. The molecule has 0 aliphatic rings. The van der Waals surface area contributed by atoms with Gasteiger partial charge < -0.3 is 4.74 Å². The minimum Gasteiger partial charge on any atom is -0.456 e. The SMILES string of the molecule is FC(F)(F)c1cc(Cl)c(Br)c(Oc2ccccc2)c1. The summed E-state index contributed by atoms with van der Waals surface area (Å²) in [6.07, 6.45) is -4.47. The maximum Gasteiger partial charge on any atom is 0.416 e. The van der Waals surface area contributed by atoms with E-state index in [0.29, 0.717) is 5.75 Å². The predicted molar refractivity (Wildman–Crippen MR) is 70.7 cm³/mol. The molecule has 2 aromatic carbocycles. The number of benzene rings is 2. The fraction of sp³-hybridized carbons (Fsp3) is 0.0769. The second-order valence-corrected chi connectivity index (χ2v) is 4.88. The molecule has 100 valence electrons. The molecular weight excluding hydrogens is 344 g/mol. The van der Waals surface area contributed by atoms with Gasteiger partial charge in [-0.3, -0.25) is 0 Å². The van der Waals surface area contributed by atoms with E-state index in [1.54, 1.807) is 30.3 Å². The Hall–Kier alpha value is -1.20. The molecule has 19 heavy (non-hydrogen) atoms. The van der Waals surface area contributed by atoms with Crippen molar-refractivity contribution in [3.63, 3.8) is 0 Å². The highest BCUT2D eigenvalue weighted by atomic mass is 79.9. The summed E-state index contributed by atoms with van der Waals surface area (Å²) < 4.78 is 43.7. The van der Waals surface area contributed by atoms with Crippen molar-refractivity contribution in [3.05, 3.63) is 57.5 Å². The smallest absolute Gasteiger partial charge is 0.416 e. The Morgan fingerprint density at radius 1 is 1.05 bits per heavy atom. The molecule has 0 aliphatic carbocycles. The summed E-state index contributed by atoms with van der Waals surface area (Å²) in [6.45, 7) is 0. The summed E-state index contributed by atoms with van der Waals surface area (Å²) in [5.41, 5.74) is -0.855. The van der Waals surface area contributed by atoms with Crippen LogP contribution in [0.3, 0.4) is 0 Å². The monoisotopic (exact) mass is 350 g/mol. The summed E-state index contributed by atoms with van der Waals surface area (Å²) >= 11 is 8.88. The fourth-order valence-corrected chi connectivity index (χ4v) is 1.94. The van der Waals surface area contributed by atoms with Gasteiger partial charge in [0.1, 0.15) is 11.5 Å². The van der Waals surface area contributed by atoms with Crippen molar-refractivity contribution < 1.29 is 17.9 Å². The van der Waals surface area contributed by atoms with Crippen LogP contribution < -0.4 is 4.74 Å². The molecule has 0 saturated heterocycles. The molecule has 2 rings (SSSR count). The molecule has 0 spiro atoms. The molecule has 2 aromatic rings. The predicted octanol–water partition coefficient (Wildman–Crippen LogP) is 5.91. The molecule has 0 unspecified atom stereocenters. The molecule has 0 atom stereocenters. The Morgan fingerprint density at radius 3 is 2.26 bits per heavy atom. The minimum atomic E-state index is -4.47. The van der Waals surface area contributed by atoms with Gasteiger partial charge >= 0.3 is 6.18 Å². The van der Waals surface area contributed by atoms with E-state index in [1.165, 1.54) is 0 Å². The van der Waals surface area contributed by atoms with E-state index in [-0.39, 0.29) is 15.2 Å². The first-order valence-corrected chi connectivity index (χ1v) is 6.34. The van der Waals surface area contributed by atoms with Gasteiger partial charge in [-0.05, 0) is 40.2 Å². The van der Waals surface area contributed by atoms with E-state index in [9.17, 15) is 13.2 Å². The average Bonchev–Trinajstić information content (AvgIpc) is 2.34. The molecule has 1 nitrogen and oxygen atoms in total. The maximum absolute atomic E-state index is 12.7. The lowest BCUT2D eigenvalue weighted by Crippen LogP contribution is -2.05. The van der Waals surface area contributed by atoms with Crippen molar-refractivity contribution >= 4 is 27.5 Å². The Morgan fingerprint density at radius 2 is 1.68 bits per heavy atom. The van der Waals surface area contributed by atoms with Gasteiger partial charge in [-0.25, -0.2) is 0 Å². The molecule has 0 N–H and O–H groups in total. The lowest BCUT2D eigenvalue weighted by atomic mass is 10.2. The van der Waals surface area contributed by atoms with Gasteiger partial charge in [-0.15, -0.1) is 0 Å². The highest BCUT2D eigenvalue weighted by Crippen LogP contribution is 2.41. The van der Waals surface area contributed by atoms with Gasteiger partial charge in [-0.2, -0.15) is 13.2 Å². The zero-order valence-electron chi connectivity index (χ0n) is 9.34. The second kappa shape index (κ2) is 5.43. The molecule has 0 radical (unpaired) electrons. The summed E-state index contributed by atoms with van der Waals surface area (Å²) in [5, 5.41) is -0.0549. The van der Waals surface area contributed by atoms with E-state index < -0.39 is 11.7 Å². The molecule has 0 aromatic heterocycles. The number of alkyl halides is 3. The van der Waals surface area contributed by atoms with Crippen LogP contribution in [-0.2, 0) is 6.18 Å². The fourth-order valence-electron chi connectivity index (χ4n) is 1.42. The number of hydrogen-bond donors (Lipinski definition) is 0. The molecule has 0 amide bonds. The standard InChI is InChI=1S/C13H7BrClF3O/c14-12-10(15)6-8(13(16,17)18)7-11(12)19-9-4-2-1-3-5-9/h1-7H. The Balaban J connectivity index is 2.42. The third-order valence-corrected chi connectivity index (χ3v) is 3.64. The first kappa shape index (κ1) is 14.2. The van der Waals surface area contributed by atoms with Gasteiger partial charge in [0.05, 0.1) is 15.1 Å². The number of rotatable bonds is 2. The third kappa shape index (κ3) is 3.42. The average molecular weight is 352 g/mol. The van der Waals surface area contributed by atoms with E-state index in [4.69, 9.17) is 16.3 Å². The van der Waals surface area contributed by atoms with Gasteiger partial charge in [0.2, 0.25) is 0 Å². The van der Waals surface area contributed by atoms with Crippen LogP contribution in [-0.4, -0.2) is 0 Å². The second-order valence-electron chi connectivity index (χ2n) is 3.68. The molecule has 0 saturated carbocycles. The van der Waals surface area contributed by atoms with E-state index in [1.807, 2.05) is 0 Å². The zero-order valence-corrected chi connectivity index (χ0v) is 11.7. The molecule has 6 heteroatoms. The van der Waals surface area contributed by atoms with Crippen LogP contribution in [0.1, 0.15) is 5.56 Å². The third-order valence-electron chi connectivity index (χ3n) is 2.29. The van der Waals surface area contributed by atoms with Crippen molar-refractivity contribution in [2.45, 2.75) is 6.18 Å². The maximum atomic E-state index is 12.7. The van der Waals surface area contributed by atoms with Crippen LogP contribution in [0.4, 0.5) is 13.2 Å². The van der Waals surface area contributed by atoms with E-state index in [0.717, 1.165) is 12.1 Å². The Bertz CT molecular complexity index is 584. The van der Waals surface area contributed by atoms with Gasteiger partial charge in [0.15, 0.2) is 0 Å². The Kier molecular flexibility index (Phi) is 4.06. The number of hydrogen-bond acceptors (Lipinski definition) is 1. The summed E-state index contributed by atoms with van der Waals surface area (Å²) in [7, 11) is 0. The highest BCUT2D eigenvalue weighted by molar-refractivity contribution is 9.10. The van der Waals surface area contributed by atoms with E-state index in [2.05, 4.69) is 15.9 Å². The first-order valence-electron chi connectivity index (χ1n) is 5.17. The van der Waals surface area contributed by atoms with Crippen LogP contribution >= 0.6 is 27.5 Å². The molecule has 0 bridgehead atoms. The van der Waals surface area contributed by atoms with Crippen LogP contribution in [0, 0.1) is 0 Å². The van der Waals surface area contributed by atoms with Crippen molar-refractivity contribution in [2.24, 2.45) is 0 Å². The zero-order chi connectivity index (χ0) is 14.0. The molecule has 0 fully saturated rings. The van der Waals surface area contributed by atoms with Gasteiger partial charge in [0.25, 0.3) is 0 Å². The van der Waals surface area contributed by atoms with Crippen LogP contribution in [0.25, 0.3) is 0 Å². The van der Waals surface area contributed by atoms with Crippen LogP contribution in [0.5, 0.6) is 11.5 Å². The van der Waals surface area contributed by atoms with Crippen molar-refractivity contribution in [1.29, 1.82) is 0 Å². The molecule has 0 aliphatic heterocycles. The lowest BCUT2D eigenvalue weighted by Gasteiger charge is -2.13. The number of ether oxygens (including phenoxy) is 1. The van der Waals surface area contributed by atoms with Gasteiger partial charge in [-0.1, -0.05) is 29.8 Å². The Labute approximate surface area is 121 Å². The molecular formula is C13H7BrClF3O. The minimum absolute atomic E-state index is 0.0195. The molecule has 0 heterocycles. The lowest BCUT2D eigenvalue weighted by molar-refractivity contribution is -0.137. The van der Waals surface area contributed by atoms with E-state index >= 15 is 0 Å².